The number of hydrogen-bond acceptors (Lipinski definition) is 6. The maximum Gasteiger partial charge on any atom is 0.269 e. The second-order valence-corrected chi connectivity index (χ2v) is 6.81. The maximum absolute atomic E-state index is 12.1. The Morgan fingerprint density at radius 2 is 2.04 bits per heavy atom. The van der Waals surface area contributed by atoms with Crippen LogP contribution in [0.2, 0.25) is 0 Å². The highest BCUT2D eigenvalue weighted by Gasteiger charge is 2.28. The van der Waals surface area contributed by atoms with Crippen molar-refractivity contribution in [3.05, 3.63) is 39.9 Å². The van der Waals surface area contributed by atoms with Gasteiger partial charge >= 0.3 is 0 Å². The number of non-ortho nitro benzene ring substituents is 1. The summed E-state index contributed by atoms with van der Waals surface area (Å²) in [5.41, 5.74) is 1.81. The fraction of sp³-hybridized carbons (Fsp3) is 0.471. The molecule has 7 nitrogen and oxygen atoms in total. The predicted molar refractivity (Wildman–Crippen MR) is 101 cm³/mol. The standard InChI is InChI=1S/C17H22N4O3S/c1-3-4-5-6-13(2)18-19-17-20(16(22)12-25-17)11-14-7-9-15(10-8-14)21(23)24/h7-10H,3-6,11-12H2,1-2H3/b18-13+,19-17-. The molecular formula is C17H22N4O3S. The Labute approximate surface area is 151 Å². The highest BCUT2D eigenvalue weighted by molar-refractivity contribution is 8.15. The summed E-state index contributed by atoms with van der Waals surface area (Å²) in [6.07, 6.45) is 4.33. The van der Waals surface area contributed by atoms with E-state index in [2.05, 4.69) is 17.1 Å². The predicted octanol–water partition coefficient (Wildman–Crippen LogP) is 3.98. The Hall–Kier alpha value is -2.22. The molecule has 2 rings (SSSR count). The number of amidine groups is 1. The molecule has 0 aliphatic carbocycles. The van der Waals surface area contributed by atoms with Crippen LogP contribution in [0.15, 0.2) is 34.5 Å². The van der Waals surface area contributed by atoms with Gasteiger partial charge in [-0.2, -0.15) is 5.10 Å². The van der Waals surface area contributed by atoms with E-state index in [9.17, 15) is 14.9 Å². The topological polar surface area (TPSA) is 88.2 Å². The van der Waals surface area contributed by atoms with Gasteiger partial charge in [0.2, 0.25) is 5.91 Å². The van der Waals surface area contributed by atoms with E-state index in [0.717, 1.165) is 30.5 Å². The molecule has 25 heavy (non-hydrogen) atoms. The summed E-state index contributed by atoms with van der Waals surface area (Å²) in [6, 6.07) is 6.20. The van der Waals surface area contributed by atoms with Gasteiger partial charge in [-0.25, -0.2) is 0 Å². The average Bonchev–Trinajstić information content (AvgIpc) is 2.94. The van der Waals surface area contributed by atoms with Gasteiger partial charge in [-0.15, -0.1) is 5.10 Å². The first-order valence-electron chi connectivity index (χ1n) is 8.29. The highest BCUT2D eigenvalue weighted by atomic mass is 32.2. The molecule has 0 bridgehead atoms. The van der Waals surface area contributed by atoms with Gasteiger partial charge in [0.15, 0.2) is 5.17 Å². The van der Waals surface area contributed by atoms with Crippen LogP contribution in [0.3, 0.4) is 0 Å². The first kappa shape index (κ1) is 19.1. The van der Waals surface area contributed by atoms with Gasteiger partial charge in [0, 0.05) is 17.8 Å². The highest BCUT2D eigenvalue weighted by Crippen LogP contribution is 2.23. The largest absolute Gasteiger partial charge is 0.285 e. The molecule has 1 heterocycles. The molecule has 0 N–H and O–H groups in total. The number of amides is 1. The van der Waals surface area contributed by atoms with E-state index in [1.807, 2.05) is 6.92 Å². The van der Waals surface area contributed by atoms with Crippen LogP contribution >= 0.6 is 11.8 Å². The number of nitro benzene ring substituents is 1. The van der Waals surface area contributed by atoms with Crippen LogP contribution in [0.5, 0.6) is 0 Å². The molecule has 1 aliphatic heterocycles. The SMILES string of the molecule is CCCCC/C(C)=N/N=C1\SCC(=O)N1Cc1ccc([N+](=O)[O-])cc1. The van der Waals surface area contributed by atoms with Crippen molar-refractivity contribution in [1.29, 1.82) is 0 Å². The second-order valence-electron chi connectivity index (χ2n) is 5.87. The van der Waals surface area contributed by atoms with Gasteiger partial charge in [-0.05, 0) is 25.3 Å². The lowest BCUT2D eigenvalue weighted by Gasteiger charge is -2.15. The Bertz CT molecular complexity index is 686. The average molecular weight is 362 g/mol. The molecule has 0 aromatic heterocycles. The lowest BCUT2D eigenvalue weighted by Crippen LogP contribution is -2.28. The smallest absolute Gasteiger partial charge is 0.269 e. The fourth-order valence-corrected chi connectivity index (χ4v) is 3.17. The first-order chi connectivity index (χ1) is 12.0. The van der Waals surface area contributed by atoms with Gasteiger partial charge in [0.05, 0.1) is 17.2 Å². The number of carbonyl (C=O) groups is 1. The molecule has 1 aromatic carbocycles. The van der Waals surface area contributed by atoms with Crippen LogP contribution in [0.4, 0.5) is 5.69 Å². The summed E-state index contributed by atoms with van der Waals surface area (Å²) in [6.45, 7) is 4.44. The van der Waals surface area contributed by atoms with Crippen molar-refractivity contribution in [1.82, 2.24) is 4.90 Å². The van der Waals surface area contributed by atoms with E-state index in [4.69, 9.17) is 0 Å². The number of nitro groups is 1. The summed E-state index contributed by atoms with van der Waals surface area (Å²) in [7, 11) is 0. The second kappa shape index (κ2) is 9.31. The lowest BCUT2D eigenvalue weighted by atomic mass is 10.1. The van der Waals surface area contributed by atoms with Gasteiger partial charge in [0.1, 0.15) is 0 Å². The van der Waals surface area contributed by atoms with Crippen LogP contribution in [0.25, 0.3) is 0 Å². The van der Waals surface area contributed by atoms with Crippen molar-refractivity contribution in [2.24, 2.45) is 10.2 Å². The summed E-state index contributed by atoms with van der Waals surface area (Å²) >= 11 is 1.37. The quantitative estimate of drug-likeness (QED) is 0.303. The van der Waals surface area contributed by atoms with E-state index in [1.165, 1.54) is 30.3 Å². The Morgan fingerprint density at radius 1 is 1.32 bits per heavy atom. The molecule has 0 unspecified atom stereocenters. The maximum atomic E-state index is 12.1. The molecule has 0 spiro atoms. The zero-order valence-electron chi connectivity index (χ0n) is 14.5. The fourth-order valence-electron chi connectivity index (χ4n) is 2.34. The Kier molecular flexibility index (Phi) is 7.12. The summed E-state index contributed by atoms with van der Waals surface area (Å²) in [5.74, 6) is 0.317. The monoisotopic (exact) mass is 362 g/mol. The number of unbranched alkanes of at least 4 members (excludes halogenated alkanes) is 2. The van der Waals surface area contributed by atoms with Gasteiger partial charge in [-0.3, -0.25) is 19.8 Å². The van der Waals surface area contributed by atoms with Crippen molar-refractivity contribution in [3.63, 3.8) is 0 Å². The third-order valence-corrected chi connectivity index (χ3v) is 4.74. The molecule has 0 saturated carbocycles. The van der Waals surface area contributed by atoms with Crippen molar-refractivity contribution in [2.45, 2.75) is 46.1 Å². The number of rotatable bonds is 8. The van der Waals surface area contributed by atoms with Gasteiger partial charge < -0.3 is 0 Å². The third kappa shape index (κ3) is 5.67. The molecule has 1 saturated heterocycles. The van der Waals surface area contributed by atoms with Crippen LogP contribution in [-0.4, -0.2) is 32.4 Å². The molecule has 1 amide bonds. The molecule has 1 aliphatic rings. The molecule has 0 radical (unpaired) electrons. The van der Waals surface area contributed by atoms with E-state index >= 15 is 0 Å². The van der Waals surface area contributed by atoms with E-state index < -0.39 is 4.92 Å². The molecular weight excluding hydrogens is 340 g/mol. The molecule has 8 heteroatoms. The van der Waals surface area contributed by atoms with Crippen molar-refractivity contribution in [2.75, 3.05) is 5.75 Å². The van der Waals surface area contributed by atoms with Crippen molar-refractivity contribution < 1.29 is 9.72 Å². The van der Waals surface area contributed by atoms with E-state index in [0.29, 0.717) is 17.5 Å². The normalized spacial score (nSPS) is 16.7. The van der Waals surface area contributed by atoms with Crippen LogP contribution in [0.1, 0.15) is 45.1 Å². The van der Waals surface area contributed by atoms with Crippen molar-refractivity contribution in [3.8, 4) is 0 Å². The Morgan fingerprint density at radius 3 is 2.68 bits per heavy atom. The summed E-state index contributed by atoms with van der Waals surface area (Å²) < 4.78 is 0. The zero-order valence-corrected chi connectivity index (χ0v) is 15.3. The molecule has 1 fully saturated rings. The number of thioether (sulfide) groups is 1. The van der Waals surface area contributed by atoms with Gasteiger partial charge in [-0.1, -0.05) is 43.7 Å². The molecule has 1 aromatic rings. The van der Waals surface area contributed by atoms with Crippen LogP contribution in [-0.2, 0) is 11.3 Å². The van der Waals surface area contributed by atoms with Crippen LogP contribution in [0, 0.1) is 10.1 Å². The van der Waals surface area contributed by atoms with Crippen molar-refractivity contribution >= 4 is 34.2 Å². The minimum Gasteiger partial charge on any atom is -0.285 e. The minimum atomic E-state index is -0.441. The third-order valence-electron chi connectivity index (χ3n) is 3.79. The molecule has 134 valence electrons. The van der Waals surface area contributed by atoms with E-state index in [-0.39, 0.29) is 11.6 Å². The molecule has 0 atom stereocenters. The number of benzene rings is 1. The summed E-state index contributed by atoms with van der Waals surface area (Å²) in [4.78, 5) is 23.9. The Balaban J connectivity index is 2.04. The van der Waals surface area contributed by atoms with Gasteiger partial charge in [0.25, 0.3) is 5.69 Å². The number of nitrogens with zero attached hydrogens (tertiary/aromatic N) is 4. The van der Waals surface area contributed by atoms with E-state index in [1.54, 1.807) is 17.0 Å². The first-order valence-corrected chi connectivity index (χ1v) is 9.27. The number of hydrogen-bond donors (Lipinski definition) is 0. The lowest BCUT2D eigenvalue weighted by molar-refractivity contribution is -0.384. The minimum absolute atomic E-state index is 0.0269. The van der Waals surface area contributed by atoms with Crippen LogP contribution < -0.4 is 0 Å². The zero-order chi connectivity index (χ0) is 18.2. The summed E-state index contributed by atoms with van der Waals surface area (Å²) in [5, 5.41) is 19.8. The number of carbonyl (C=O) groups excluding carboxylic acids is 1.